The highest BCUT2D eigenvalue weighted by atomic mass is 15.1. The normalized spacial score (nSPS) is 21.8. The summed E-state index contributed by atoms with van der Waals surface area (Å²) < 4.78 is 0. The fourth-order valence-corrected chi connectivity index (χ4v) is 3.32. The van der Waals surface area contributed by atoms with Gasteiger partial charge in [0.05, 0.1) is 0 Å². The molecule has 0 aliphatic heterocycles. The highest BCUT2D eigenvalue weighted by molar-refractivity contribution is 4.89. The summed E-state index contributed by atoms with van der Waals surface area (Å²) in [7, 11) is 2.32. The second-order valence-electron chi connectivity index (χ2n) is 8.19. The Labute approximate surface area is 127 Å². The van der Waals surface area contributed by atoms with Gasteiger partial charge in [-0.3, -0.25) is 0 Å². The fourth-order valence-electron chi connectivity index (χ4n) is 3.32. The average Bonchev–Trinajstić information content (AvgIpc) is 2.61. The summed E-state index contributed by atoms with van der Waals surface area (Å²) in [6, 6.07) is 0.699. The van der Waals surface area contributed by atoms with Crippen molar-refractivity contribution in [3.63, 3.8) is 0 Å². The molecule has 0 aromatic rings. The molecule has 1 N–H and O–H groups in total. The van der Waals surface area contributed by atoms with E-state index in [1.807, 2.05) is 0 Å². The summed E-state index contributed by atoms with van der Waals surface area (Å²) in [5.41, 5.74) is 0.718. The Kier molecular flexibility index (Phi) is 7.00. The lowest BCUT2D eigenvalue weighted by atomic mass is 9.79. The van der Waals surface area contributed by atoms with Gasteiger partial charge >= 0.3 is 0 Å². The molecule has 1 saturated carbocycles. The van der Waals surface area contributed by atoms with E-state index in [9.17, 15) is 0 Å². The van der Waals surface area contributed by atoms with Gasteiger partial charge in [0.15, 0.2) is 0 Å². The van der Waals surface area contributed by atoms with Crippen LogP contribution in [0.3, 0.4) is 0 Å². The molecular formula is C18H38N2. The summed E-state index contributed by atoms with van der Waals surface area (Å²) >= 11 is 0. The third-order valence-electron chi connectivity index (χ3n) is 5.09. The predicted octanol–water partition coefficient (Wildman–Crippen LogP) is 4.45. The van der Waals surface area contributed by atoms with Crippen molar-refractivity contribution in [2.75, 3.05) is 20.1 Å². The Morgan fingerprint density at radius 3 is 2.10 bits per heavy atom. The summed E-state index contributed by atoms with van der Waals surface area (Å²) in [5.74, 6) is 0. The molecule has 1 aliphatic rings. The Bertz CT molecular complexity index is 259. The van der Waals surface area contributed by atoms with E-state index in [0.29, 0.717) is 11.5 Å². The van der Waals surface area contributed by atoms with E-state index in [-0.39, 0.29) is 5.54 Å². The smallest absolute Gasteiger partial charge is 0.00967 e. The third-order valence-corrected chi connectivity index (χ3v) is 5.09. The molecule has 0 amide bonds. The zero-order valence-electron chi connectivity index (χ0n) is 14.9. The largest absolute Gasteiger partial charge is 0.311 e. The lowest BCUT2D eigenvalue weighted by Gasteiger charge is -2.40. The van der Waals surface area contributed by atoms with E-state index in [0.717, 1.165) is 0 Å². The van der Waals surface area contributed by atoms with E-state index >= 15 is 0 Å². The number of nitrogens with one attached hydrogen (secondary N) is 1. The highest BCUT2D eigenvalue weighted by Gasteiger charge is 2.33. The van der Waals surface area contributed by atoms with Crippen molar-refractivity contribution in [1.82, 2.24) is 10.2 Å². The van der Waals surface area contributed by atoms with Crippen LogP contribution in [0.5, 0.6) is 0 Å². The molecule has 0 saturated heterocycles. The highest BCUT2D eigenvalue weighted by Crippen LogP contribution is 2.36. The van der Waals surface area contributed by atoms with Gasteiger partial charge in [-0.25, -0.2) is 0 Å². The van der Waals surface area contributed by atoms with E-state index in [4.69, 9.17) is 0 Å². The van der Waals surface area contributed by atoms with E-state index in [2.05, 4.69) is 51.9 Å². The van der Waals surface area contributed by atoms with Crippen molar-refractivity contribution >= 4 is 0 Å². The van der Waals surface area contributed by atoms with Crippen LogP contribution in [0.4, 0.5) is 0 Å². The van der Waals surface area contributed by atoms with Crippen molar-refractivity contribution in [1.29, 1.82) is 0 Å². The lowest BCUT2D eigenvalue weighted by Crippen LogP contribution is -2.49. The quantitative estimate of drug-likeness (QED) is 0.724. The molecule has 0 aromatic heterocycles. The Balaban J connectivity index is 2.72. The molecule has 1 fully saturated rings. The van der Waals surface area contributed by atoms with Crippen molar-refractivity contribution < 1.29 is 0 Å². The Hall–Kier alpha value is -0.0800. The first-order chi connectivity index (χ1) is 9.28. The standard InChI is InChI=1S/C18H38N2/c1-7-16(2)20(6)15-18(14-19-17(3,4)5)12-10-8-9-11-13-18/h16,19H,7-15H2,1-6H3. The van der Waals surface area contributed by atoms with Crippen LogP contribution >= 0.6 is 0 Å². The maximum atomic E-state index is 3.80. The zero-order valence-corrected chi connectivity index (χ0v) is 14.9. The summed E-state index contributed by atoms with van der Waals surface area (Å²) in [5, 5.41) is 3.80. The Morgan fingerprint density at radius 1 is 1.10 bits per heavy atom. The molecule has 1 aliphatic carbocycles. The van der Waals surface area contributed by atoms with Gasteiger partial charge in [0.25, 0.3) is 0 Å². The molecule has 20 heavy (non-hydrogen) atoms. The number of nitrogens with zero attached hydrogens (tertiary/aromatic N) is 1. The SMILES string of the molecule is CCC(C)N(C)CC1(CNC(C)(C)C)CCCCCC1. The molecule has 0 aromatic carbocycles. The van der Waals surface area contributed by atoms with Gasteiger partial charge in [0.2, 0.25) is 0 Å². The minimum absolute atomic E-state index is 0.230. The van der Waals surface area contributed by atoms with Gasteiger partial charge in [-0.2, -0.15) is 0 Å². The monoisotopic (exact) mass is 282 g/mol. The molecule has 2 nitrogen and oxygen atoms in total. The molecule has 0 radical (unpaired) electrons. The van der Waals surface area contributed by atoms with Gasteiger partial charge in [-0.1, -0.05) is 32.6 Å². The number of rotatable bonds is 6. The van der Waals surface area contributed by atoms with Gasteiger partial charge in [0, 0.05) is 24.7 Å². The predicted molar refractivity (Wildman–Crippen MR) is 90.3 cm³/mol. The molecule has 0 spiro atoms. The first-order valence-electron chi connectivity index (χ1n) is 8.73. The van der Waals surface area contributed by atoms with Crippen LogP contribution in [-0.2, 0) is 0 Å². The van der Waals surface area contributed by atoms with Crippen LogP contribution in [-0.4, -0.2) is 36.6 Å². The van der Waals surface area contributed by atoms with Crippen LogP contribution in [0, 0.1) is 5.41 Å². The first-order valence-corrected chi connectivity index (χ1v) is 8.73. The zero-order chi connectivity index (χ0) is 15.2. The first kappa shape index (κ1) is 18.0. The maximum Gasteiger partial charge on any atom is 0.00967 e. The van der Waals surface area contributed by atoms with Crippen LogP contribution in [0.15, 0.2) is 0 Å². The minimum Gasteiger partial charge on any atom is -0.311 e. The molecule has 2 heteroatoms. The fraction of sp³-hybridized carbons (Fsp3) is 1.00. The Morgan fingerprint density at radius 2 is 1.65 bits per heavy atom. The van der Waals surface area contributed by atoms with Crippen LogP contribution in [0.2, 0.25) is 0 Å². The molecule has 1 unspecified atom stereocenters. The van der Waals surface area contributed by atoms with Crippen molar-refractivity contribution in [2.24, 2.45) is 5.41 Å². The van der Waals surface area contributed by atoms with Crippen molar-refractivity contribution in [3.8, 4) is 0 Å². The maximum absolute atomic E-state index is 3.80. The number of hydrogen-bond donors (Lipinski definition) is 1. The van der Waals surface area contributed by atoms with Crippen LogP contribution in [0.1, 0.15) is 79.6 Å². The van der Waals surface area contributed by atoms with Gasteiger partial charge in [0.1, 0.15) is 0 Å². The second-order valence-corrected chi connectivity index (χ2v) is 8.19. The summed E-state index contributed by atoms with van der Waals surface area (Å²) in [6.45, 7) is 14.0. The second kappa shape index (κ2) is 7.79. The number of hydrogen-bond acceptors (Lipinski definition) is 2. The average molecular weight is 283 g/mol. The molecule has 1 atom stereocenters. The van der Waals surface area contributed by atoms with E-state index in [1.54, 1.807) is 0 Å². The summed E-state index contributed by atoms with van der Waals surface area (Å²) in [4.78, 5) is 2.59. The van der Waals surface area contributed by atoms with Crippen LogP contribution in [0.25, 0.3) is 0 Å². The van der Waals surface area contributed by atoms with Crippen LogP contribution < -0.4 is 5.32 Å². The molecule has 1 rings (SSSR count). The minimum atomic E-state index is 0.230. The topological polar surface area (TPSA) is 15.3 Å². The van der Waals surface area contributed by atoms with Crippen molar-refractivity contribution in [3.05, 3.63) is 0 Å². The third kappa shape index (κ3) is 6.13. The van der Waals surface area contributed by atoms with Gasteiger partial charge in [-0.15, -0.1) is 0 Å². The van der Waals surface area contributed by atoms with Crippen molar-refractivity contribution in [2.45, 2.75) is 91.1 Å². The molecular weight excluding hydrogens is 244 g/mol. The van der Waals surface area contributed by atoms with E-state index < -0.39 is 0 Å². The summed E-state index contributed by atoms with van der Waals surface area (Å²) in [6.07, 6.45) is 9.75. The van der Waals surface area contributed by atoms with Gasteiger partial charge < -0.3 is 10.2 Å². The molecule has 0 heterocycles. The van der Waals surface area contributed by atoms with E-state index in [1.165, 1.54) is 58.0 Å². The lowest BCUT2D eigenvalue weighted by molar-refractivity contribution is 0.111. The molecule has 0 bridgehead atoms. The molecule has 120 valence electrons. The van der Waals surface area contributed by atoms with Gasteiger partial charge in [-0.05, 0) is 59.4 Å².